The highest BCUT2D eigenvalue weighted by Crippen LogP contribution is 2.38. The number of halogens is 1. The van der Waals surface area contributed by atoms with Gasteiger partial charge < -0.3 is 10.1 Å². The summed E-state index contributed by atoms with van der Waals surface area (Å²) in [6.07, 6.45) is 4.04. The summed E-state index contributed by atoms with van der Waals surface area (Å²) >= 11 is 0. The number of ether oxygens (including phenoxy) is 1. The molecule has 4 heteroatoms. The van der Waals surface area contributed by atoms with Gasteiger partial charge in [0.25, 0.3) is 5.91 Å². The summed E-state index contributed by atoms with van der Waals surface area (Å²) in [5, 5.41) is 2.93. The van der Waals surface area contributed by atoms with Gasteiger partial charge in [0.15, 0.2) is 0 Å². The third kappa shape index (κ3) is 2.50. The van der Waals surface area contributed by atoms with E-state index in [1.165, 1.54) is 12.1 Å². The average Bonchev–Trinajstić information content (AvgIpc) is 3.01. The molecular formula is C15H18FNO2. The zero-order valence-electron chi connectivity index (χ0n) is 11.0. The van der Waals surface area contributed by atoms with Crippen molar-refractivity contribution in [3.05, 3.63) is 35.1 Å². The molecule has 3 rings (SSSR count). The van der Waals surface area contributed by atoms with Crippen molar-refractivity contribution in [1.82, 2.24) is 5.32 Å². The topological polar surface area (TPSA) is 38.3 Å². The molecule has 1 amide bonds. The first-order valence-electron chi connectivity index (χ1n) is 6.83. The Morgan fingerprint density at radius 2 is 2.32 bits per heavy atom. The minimum absolute atomic E-state index is 0.133. The second-order valence-electron chi connectivity index (χ2n) is 5.54. The molecule has 1 aromatic rings. The van der Waals surface area contributed by atoms with E-state index >= 15 is 0 Å². The van der Waals surface area contributed by atoms with Crippen LogP contribution >= 0.6 is 0 Å². The molecular weight excluding hydrogens is 245 g/mol. The van der Waals surface area contributed by atoms with E-state index in [9.17, 15) is 9.18 Å². The van der Waals surface area contributed by atoms with E-state index in [2.05, 4.69) is 5.32 Å². The van der Waals surface area contributed by atoms with Crippen molar-refractivity contribution in [2.24, 2.45) is 5.92 Å². The van der Waals surface area contributed by atoms with Crippen molar-refractivity contribution >= 4 is 5.91 Å². The summed E-state index contributed by atoms with van der Waals surface area (Å²) < 4.78 is 18.9. The lowest BCUT2D eigenvalue weighted by molar-refractivity contribution is 0.0873. The van der Waals surface area contributed by atoms with Gasteiger partial charge in [-0.1, -0.05) is 0 Å². The predicted molar refractivity (Wildman–Crippen MR) is 69.5 cm³/mol. The van der Waals surface area contributed by atoms with Gasteiger partial charge in [-0.25, -0.2) is 4.39 Å². The van der Waals surface area contributed by atoms with Gasteiger partial charge in [0, 0.05) is 18.0 Å². The molecule has 3 atom stereocenters. The zero-order valence-corrected chi connectivity index (χ0v) is 11.0. The molecule has 2 aliphatic heterocycles. The third-order valence-corrected chi connectivity index (χ3v) is 4.18. The molecule has 102 valence electrons. The lowest BCUT2D eigenvalue weighted by Gasteiger charge is -2.18. The molecule has 2 aliphatic rings. The Balaban J connectivity index is 1.57. The number of nitrogens with one attached hydrogen (secondary N) is 1. The van der Waals surface area contributed by atoms with E-state index in [0.717, 1.165) is 19.3 Å². The third-order valence-electron chi connectivity index (χ3n) is 4.18. The normalized spacial score (nSPS) is 28.6. The molecule has 0 radical (unpaired) electrons. The summed E-state index contributed by atoms with van der Waals surface area (Å²) in [5.74, 6) is 0.0215. The SMILES string of the molecule is Cc1cc(C(=O)NCC2CC3CCC2O3)ccc1F. The Kier molecular flexibility index (Phi) is 3.27. The number of hydrogen-bond donors (Lipinski definition) is 1. The maximum absolute atomic E-state index is 13.1. The average molecular weight is 263 g/mol. The monoisotopic (exact) mass is 263 g/mol. The van der Waals surface area contributed by atoms with E-state index < -0.39 is 0 Å². The predicted octanol–water partition coefficient (Wildman–Crippen LogP) is 2.43. The van der Waals surface area contributed by atoms with Crippen LogP contribution in [0.15, 0.2) is 18.2 Å². The fourth-order valence-electron chi connectivity index (χ4n) is 3.07. The van der Waals surface area contributed by atoms with Gasteiger partial charge in [0.05, 0.1) is 12.2 Å². The molecule has 2 bridgehead atoms. The highest BCUT2D eigenvalue weighted by Gasteiger charge is 2.40. The molecule has 3 nitrogen and oxygen atoms in total. The summed E-state index contributed by atoms with van der Waals surface area (Å²) in [6, 6.07) is 4.45. The molecule has 0 spiro atoms. The first kappa shape index (κ1) is 12.6. The van der Waals surface area contributed by atoms with Crippen molar-refractivity contribution in [2.45, 2.75) is 38.4 Å². The Bertz CT molecular complexity index is 503. The summed E-state index contributed by atoms with van der Waals surface area (Å²) in [7, 11) is 0. The van der Waals surface area contributed by atoms with E-state index in [0.29, 0.717) is 35.8 Å². The molecule has 19 heavy (non-hydrogen) atoms. The second kappa shape index (κ2) is 4.93. The maximum Gasteiger partial charge on any atom is 0.251 e. The molecule has 1 N–H and O–H groups in total. The van der Waals surface area contributed by atoms with E-state index in [4.69, 9.17) is 4.74 Å². The van der Waals surface area contributed by atoms with Crippen molar-refractivity contribution < 1.29 is 13.9 Å². The molecule has 3 unspecified atom stereocenters. The van der Waals surface area contributed by atoms with Crippen LogP contribution in [0.25, 0.3) is 0 Å². The minimum atomic E-state index is -0.280. The smallest absolute Gasteiger partial charge is 0.251 e. The number of carbonyl (C=O) groups excluding carboxylic acids is 1. The van der Waals surface area contributed by atoms with Crippen LogP contribution in [0.2, 0.25) is 0 Å². The summed E-state index contributed by atoms with van der Waals surface area (Å²) in [6.45, 7) is 2.31. The van der Waals surface area contributed by atoms with Gasteiger partial charge in [-0.3, -0.25) is 4.79 Å². The van der Waals surface area contributed by atoms with Gasteiger partial charge in [-0.15, -0.1) is 0 Å². The minimum Gasteiger partial charge on any atom is -0.375 e. The van der Waals surface area contributed by atoms with Gasteiger partial charge in [-0.2, -0.15) is 0 Å². The highest BCUT2D eigenvalue weighted by atomic mass is 19.1. The van der Waals surface area contributed by atoms with E-state index in [1.54, 1.807) is 13.0 Å². The maximum atomic E-state index is 13.1. The van der Waals surface area contributed by atoms with Gasteiger partial charge in [0.2, 0.25) is 0 Å². The van der Waals surface area contributed by atoms with Crippen LogP contribution < -0.4 is 5.32 Å². The van der Waals surface area contributed by atoms with Gasteiger partial charge in [-0.05, 0) is 49.9 Å². The fraction of sp³-hybridized carbons (Fsp3) is 0.533. The molecule has 0 aliphatic carbocycles. The van der Waals surface area contributed by atoms with E-state index in [1.807, 2.05) is 0 Å². The second-order valence-corrected chi connectivity index (χ2v) is 5.54. The molecule has 2 fully saturated rings. The number of fused-ring (bicyclic) bond motifs is 2. The number of aryl methyl sites for hydroxylation is 1. The Morgan fingerprint density at radius 1 is 1.47 bits per heavy atom. The lowest BCUT2D eigenvalue weighted by Crippen LogP contribution is -2.33. The van der Waals surface area contributed by atoms with Crippen LogP contribution in [0.1, 0.15) is 35.2 Å². The first-order valence-corrected chi connectivity index (χ1v) is 6.83. The molecule has 0 saturated carbocycles. The van der Waals surface area contributed by atoms with Crippen molar-refractivity contribution in [3.8, 4) is 0 Å². The molecule has 2 saturated heterocycles. The fourth-order valence-corrected chi connectivity index (χ4v) is 3.07. The summed E-state index contributed by atoms with van der Waals surface area (Å²) in [5.41, 5.74) is 1.01. The molecule has 2 heterocycles. The van der Waals surface area contributed by atoms with Crippen LogP contribution in [0.3, 0.4) is 0 Å². The van der Waals surface area contributed by atoms with Gasteiger partial charge >= 0.3 is 0 Å². The Morgan fingerprint density at radius 3 is 2.95 bits per heavy atom. The Labute approximate surface area is 112 Å². The van der Waals surface area contributed by atoms with Crippen LogP contribution in [0.4, 0.5) is 4.39 Å². The van der Waals surface area contributed by atoms with Crippen molar-refractivity contribution in [2.75, 3.05) is 6.54 Å². The Hall–Kier alpha value is -1.42. The highest BCUT2D eigenvalue weighted by molar-refractivity contribution is 5.94. The van der Waals surface area contributed by atoms with Crippen molar-refractivity contribution in [1.29, 1.82) is 0 Å². The largest absolute Gasteiger partial charge is 0.375 e. The number of rotatable bonds is 3. The lowest BCUT2D eigenvalue weighted by atomic mass is 9.89. The number of benzene rings is 1. The van der Waals surface area contributed by atoms with E-state index in [-0.39, 0.29) is 11.7 Å². The van der Waals surface area contributed by atoms with Crippen LogP contribution in [-0.2, 0) is 4.74 Å². The zero-order chi connectivity index (χ0) is 13.4. The van der Waals surface area contributed by atoms with Gasteiger partial charge in [0.1, 0.15) is 5.82 Å². The number of hydrogen-bond acceptors (Lipinski definition) is 2. The molecule has 1 aromatic carbocycles. The van der Waals surface area contributed by atoms with Crippen molar-refractivity contribution in [3.63, 3.8) is 0 Å². The number of amides is 1. The standard InChI is InChI=1S/C15H18FNO2/c1-9-6-10(2-4-13(9)16)15(18)17-8-11-7-12-3-5-14(11)19-12/h2,4,6,11-12,14H,3,5,7-8H2,1H3,(H,17,18). The summed E-state index contributed by atoms with van der Waals surface area (Å²) in [4.78, 5) is 12.0. The number of carbonyl (C=O) groups is 1. The first-order chi connectivity index (χ1) is 9.13. The van der Waals surface area contributed by atoms with Crippen LogP contribution in [0.5, 0.6) is 0 Å². The molecule has 0 aromatic heterocycles. The quantitative estimate of drug-likeness (QED) is 0.909. The van der Waals surface area contributed by atoms with Crippen LogP contribution in [-0.4, -0.2) is 24.7 Å². The van der Waals surface area contributed by atoms with Crippen LogP contribution in [0, 0.1) is 18.7 Å².